The molecule has 0 aliphatic heterocycles. The molecular formula is C46H48N12O5S4. The van der Waals surface area contributed by atoms with Crippen LogP contribution in [0.5, 0.6) is 0 Å². The molecule has 2 aromatic carbocycles. The summed E-state index contributed by atoms with van der Waals surface area (Å²) >= 11 is 4.52. The van der Waals surface area contributed by atoms with Crippen molar-refractivity contribution in [1.29, 1.82) is 0 Å². The molecule has 346 valence electrons. The largest absolute Gasteiger partial charge is 0.385 e. The summed E-state index contributed by atoms with van der Waals surface area (Å²) in [7, 11) is -0.982. The smallest absolute Gasteiger partial charge is 0.321 e. The van der Waals surface area contributed by atoms with Crippen LogP contribution in [0.15, 0.2) is 85.7 Å². The van der Waals surface area contributed by atoms with Crippen LogP contribution in [0, 0.1) is 0 Å². The SMILES string of the molecule is CCNC(=O)Nc1nc2cc(-c3cnc(C(C)O)nc3)cc(-c3cc(CS(C)=O)ccn3)c2s1.CCNC(=O)Nc1nc2cc(-c3cnc(C(C)O)nc3)cc(-c3cc(CSC)ccn3)c2s1. The number of nitrogens with zero attached hydrogens (tertiary/aromatic N) is 8. The summed E-state index contributed by atoms with van der Waals surface area (Å²) < 4.78 is 13.5. The molecule has 0 aliphatic rings. The summed E-state index contributed by atoms with van der Waals surface area (Å²) in [6.45, 7) is 7.98. The van der Waals surface area contributed by atoms with Crippen molar-refractivity contribution in [3.63, 3.8) is 0 Å². The molecule has 6 heterocycles. The van der Waals surface area contributed by atoms with Gasteiger partial charge in [0.25, 0.3) is 0 Å². The predicted molar refractivity (Wildman–Crippen MR) is 269 cm³/mol. The zero-order valence-electron chi connectivity index (χ0n) is 37.4. The van der Waals surface area contributed by atoms with Gasteiger partial charge in [-0.15, -0.1) is 0 Å². The Morgan fingerprint density at radius 2 is 1.09 bits per heavy atom. The molecular weight excluding hydrogens is 929 g/mol. The highest BCUT2D eigenvalue weighted by Gasteiger charge is 2.19. The van der Waals surface area contributed by atoms with Gasteiger partial charge in [0.2, 0.25) is 0 Å². The number of benzene rings is 2. The molecule has 0 spiro atoms. The van der Waals surface area contributed by atoms with Gasteiger partial charge in [0.15, 0.2) is 21.9 Å². The number of carbonyl (C=O) groups excluding carboxylic acids is 2. The van der Waals surface area contributed by atoms with E-state index in [4.69, 9.17) is 0 Å². The fraction of sp³-hybridized carbons (Fsp3) is 0.261. The lowest BCUT2D eigenvalue weighted by Gasteiger charge is -2.09. The van der Waals surface area contributed by atoms with Crippen molar-refractivity contribution in [1.82, 2.24) is 50.5 Å². The number of thiazole rings is 2. The summed E-state index contributed by atoms with van der Waals surface area (Å²) in [5, 5.41) is 31.4. The van der Waals surface area contributed by atoms with Crippen LogP contribution in [0.2, 0.25) is 0 Å². The average molecular weight is 977 g/mol. The molecule has 8 aromatic rings. The lowest BCUT2D eigenvalue weighted by Crippen LogP contribution is -2.28. The molecule has 17 nitrogen and oxygen atoms in total. The molecule has 0 fully saturated rings. The van der Waals surface area contributed by atoms with E-state index >= 15 is 0 Å². The van der Waals surface area contributed by atoms with Crippen LogP contribution in [0.25, 0.3) is 65.2 Å². The number of rotatable bonds is 14. The van der Waals surface area contributed by atoms with E-state index in [9.17, 15) is 24.0 Å². The number of hydrogen-bond acceptors (Lipinski definition) is 16. The summed E-state index contributed by atoms with van der Waals surface area (Å²) in [6, 6.07) is 15.1. The summed E-state index contributed by atoms with van der Waals surface area (Å²) in [6.07, 6.45) is 12.5. The van der Waals surface area contributed by atoms with E-state index in [0.29, 0.717) is 52.0 Å². The van der Waals surface area contributed by atoms with Gasteiger partial charge in [0.05, 0.1) is 31.8 Å². The van der Waals surface area contributed by atoms with Crippen molar-refractivity contribution >= 4 is 88.0 Å². The molecule has 0 radical (unpaired) electrons. The minimum atomic E-state index is -0.982. The lowest BCUT2D eigenvalue weighted by atomic mass is 10.0. The van der Waals surface area contributed by atoms with E-state index in [1.807, 2.05) is 62.5 Å². The second-order valence-electron chi connectivity index (χ2n) is 15.0. The second-order valence-corrected chi connectivity index (χ2v) is 19.3. The van der Waals surface area contributed by atoms with Crippen LogP contribution >= 0.6 is 34.4 Å². The maximum absolute atomic E-state index is 12.0. The highest BCUT2D eigenvalue weighted by atomic mass is 32.2. The highest BCUT2D eigenvalue weighted by Crippen LogP contribution is 2.40. The van der Waals surface area contributed by atoms with E-state index in [1.165, 1.54) is 28.2 Å². The minimum Gasteiger partial charge on any atom is -0.385 e. The zero-order valence-corrected chi connectivity index (χ0v) is 40.7. The second kappa shape index (κ2) is 22.4. The molecule has 21 heteroatoms. The molecule has 67 heavy (non-hydrogen) atoms. The van der Waals surface area contributed by atoms with Crippen LogP contribution in [0.4, 0.5) is 19.9 Å². The Bertz CT molecular complexity index is 3040. The van der Waals surface area contributed by atoms with Crippen molar-refractivity contribution in [3.05, 3.63) is 108 Å². The monoisotopic (exact) mass is 976 g/mol. The Morgan fingerprint density at radius 3 is 1.49 bits per heavy atom. The van der Waals surface area contributed by atoms with Gasteiger partial charge in [0.1, 0.15) is 12.2 Å². The number of amides is 4. The number of aromatic nitrogens is 8. The van der Waals surface area contributed by atoms with Crippen LogP contribution in [0.3, 0.4) is 0 Å². The quantitative estimate of drug-likeness (QED) is 0.0597. The number of aliphatic hydroxyl groups is 2. The van der Waals surface area contributed by atoms with Crippen LogP contribution in [-0.4, -0.2) is 92.0 Å². The van der Waals surface area contributed by atoms with Gasteiger partial charge in [-0.3, -0.25) is 24.8 Å². The molecule has 4 amide bonds. The van der Waals surface area contributed by atoms with Crippen molar-refractivity contribution in [2.75, 3.05) is 36.2 Å². The molecule has 6 N–H and O–H groups in total. The van der Waals surface area contributed by atoms with Gasteiger partial charge in [-0.2, -0.15) is 11.8 Å². The van der Waals surface area contributed by atoms with E-state index in [-0.39, 0.29) is 12.1 Å². The Balaban J connectivity index is 0.000000199. The predicted octanol–water partition coefficient (Wildman–Crippen LogP) is 8.76. The first-order valence-electron chi connectivity index (χ1n) is 21.0. The average Bonchev–Trinajstić information content (AvgIpc) is 3.91. The van der Waals surface area contributed by atoms with E-state index in [1.54, 1.807) is 62.8 Å². The first-order valence-corrected chi connectivity index (χ1v) is 25.8. The third kappa shape index (κ3) is 12.4. The van der Waals surface area contributed by atoms with Crippen LogP contribution in [-0.2, 0) is 22.3 Å². The van der Waals surface area contributed by atoms with Crippen molar-refractivity contribution in [3.8, 4) is 44.8 Å². The maximum Gasteiger partial charge on any atom is 0.321 e. The van der Waals surface area contributed by atoms with Crippen molar-refractivity contribution < 1.29 is 24.0 Å². The number of pyridine rings is 2. The van der Waals surface area contributed by atoms with Crippen LogP contribution in [0.1, 0.15) is 62.7 Å². The fourth-order valence-corrected chi connectivity index (χ4v) is 9.81. The first kappa shape index (κ1) is 48.6. The molecule has 3 atom stereocenters. The Morgan fingerprint density at radius 1 is 0.657 bits per heavy atom. The fourth-order valence-electron chi connectivity index (χ4n) is 6.72. The molecule has 6 aromatic heterocycles. The minimum absolute atomic E-state index is 0.291. The number of fused-ring (bicyclic) bond motifs is 2. The molecule has 0 saturated heterocycles. The van der Waals surface area contributed by atoms with Gasteiger partial charge >= 0.3 is 12.1 Å². The normalized spacial score (nSPS) is 12.5. The number of aliphatic hydroxyl groups excluding tert-OH is 2. The van der Waals surface area contributed by atoms with Gasteiger partial charge in [-0.1, -0.05) is 22.7 Å². The van der Waals surface area contributed by atoms with Gasteiger partial charge in [0, 0.05) is 101 Å². The van der Waals surface area contributed by atoms with Gasteiger partial charge in [-0.25, -0.2) is 39.5 Å². The number of thioether (sulfide) groups is 1. The highest BCUT2D eigenvalue weighted by molar-refractivity contribution is 7.97. The van der Waals surface area contributed by atoms with Crippen molar-refractivity contribution in [2.24, 2.45) is 0 Å². The molecule has 8 rings (SSSR count). The Kier molecular flexibility index (Phi) is 16.3. The summed E-state index contributed by atoms with van der Waals surface area (Å²) in [5.41, 5.74) is 10.1. The Hall–Kier alpha value is -6.36. The topological polar surface area (TPSA) is 243 Å². The van der Waals surface area contributed by atoms with Gasteiger partial charge in [-0.05, 0) is 105 Å². The number of nitrogens with one attached hydrogen (secondary N) is 4. The van der Waals surface area contributed by atoms with Crippen LogP contribution < -0.4 is 21.3 Å². The van der Waals surface area contributed by atoms with Gasteiger partial charge < -0.3 is 20.8 Å². The number of carbonyl (C=O) groups is 2. The summed E-state index contributed by atoms with van der Waals surface area (Å²) in [5.74, 6) is 2.03. The van der Waals surface area contributed by atoms with Crippen molar-refractivity contribution in [2.45, 2.75) is 51.4 Å². The zero-order chi connectivity index (χ0) is 47.6. The standard InChI is InChI=1S/C23H24N6O3S2.C23H24N6O2S2/c1-4-24-22(31)29-23-28-19-9-15(16-10-26-21(13(2)30)27-11-16)8-17(20(19)33-23)18-7-14(5-6-25-18)12-34(3)32;1-4-24-22(31)29-23-28-19-9-15(16-10-26-21(13(2)30)27-11-16)8-17(20(19)33-23)18-7-14(12-32-3)5-6-25-18/h5-11,13,30H,4,12H2,1-3H3,(H2,24,28,29,31);5-11,13,30H,4,12H2,1-3H3,(H2,24,28,29,31). The number of hydrogen-bond donors (Lipinski definition) is 6. The van der Waals surface area contributed by atoms with E-state index in [2.05, 4.69) is 73.5 Å². The number of urea groups is 2. The summed E-state index contributed by atoms with van der Waals surface area (Å²) in [4.78, 5) is 59.6. The molecule has 0 bridgehead atoms. The number of anilines is 2. The molecule has 0 aliphatic carbocycles. The van der Waals surface area contributed by atoms with E-state index in [0.717, 1.165) is 65.3 Å². The maximum atomic E-state index is 12.0. The lowest BCUT2D eigenvalue weighted by molar-refractivity contribution is 0.188. The molecule has 0 saturated carbocycles. The first-order chi connectivity index (χ1) is 32.3. The van der Waals surface area contributed by atoms with E-state index < -0.39 is 23.0 Å². The molecule has 3 unspecified atom stereocenters. The third-order valence-corrected chi connectivity index (χ3v) is 13.1. The third-order valence-electron chi connectivity index (χ3n) is 9.73. The Labute approximate surface area is 401 Å².